The van der Waals surface area contributed by atoms with Crippen LogP contribution in [-0.2, 0) is 10.0 Å². The van der Waals surface area contributed by atoms with Crippen LogP contribution in [0.3, 0.4) is 0 Å². The molecule has 0 radical (unpaired) electrons. The predicted octanol–water partition coefficient (Wildman–Crippen LogP) is 2.05. The van der Waals surface area contributed by atoms with Gasteiger partial charge in [0.2, 0.25) is 15.8 Å². The van der Waals surface area contributed by atoms with Crippen LogP contribution in [0.1, 0.15) is 0 Å². The fourth-order valence-corrected chi connectivity index (χ4v) is 5.01. The summed E-state index contributed by atoms with van der Waals surface area (Å²) in [4.78, 5) is 20.9. The Balaban J connectivity index is 1.59. The standard InChI is InChI=1S/C18H17N5O4S/c24-23(25)16-4-2-7-20-18(16)21-9-11-22(12-10-21)28(26,27)17-5-1-3-14-13-19-8-6-15(14)17/h1-8,13H,9-12H2. The van der Waals surface area contributed by atoms with Gasteiger partial charge in [0.05, 0.1) is 9.82 Å². The third-order valence-electron chi connectivity index (χ3n) is 4.76. The SMILES string of the molecule is O=[N+]([O-])c1cccnc1N1CCN(S(=O)(=O)c2cccc3cnccc23)CC1. The molecular weight excluding hydrogens is 382 g/mol. The van der Waals surface area contributed by atoms with E-state index in [1.807, 2.05) is 6.07 Å². The van der Waals surface area contributed by atoms with Crippen molar-refractivity contribution in [3.05, 3.63) is 65.1 Å². The van der Waals surface area contributed by atoms with Crippen LogP contribution in [0.2, 0.25) is 0 Å². The fraction of sp³-hybridized carbons (Fsp3) is 0.222. The van der Waals surface area contributed by atoms with Crippen molar-refractivity contribution in [2.75, 3.05) is 31.1 Å². The Morgan fingerprint density at radius 1 is 1.00 bits per heavy atom. The van der Waals surface area contributed by atoms with E-state index in [1.54, 1.807) is 35.5 Å². The Morgan fingerprint density at radius 3 is 2.54 bits per heavy atom. The topological polar surface area (TPSA) is 110 Å². The van der Waals surface area contributed by atoms with Gasteiger partial charge in [-0.15, -0.1) is 0 Å². The maximum Gasteiger partial charge on any atom is 0.311 e. The van der Waals surface area contributed by atoms with E-state index in [9.17, 15) is 18.5 Å². The van der Waals surface area contributed by atoms with Gasteiger partial charge in [-0.3, -0.25) is 15.1 Å². The highest BCUT2D eigenvalue weighted by Gasteiger charge is 2.32. The van der Waals surface area contributed by atoms with Crippen molar-refractivity contribution in [3.8, 4) is 0 Å². The second-order valence-electron chi connectivity index (χ2n) is 6.35. The minimum absolute atomic E-state index is 0.0830. The Kier molecular flexibility index (Phi) is 4.65. The smallest absolute Gasteiger partial charge is 0.311 e. The van der Waals surface area contributed by atoms with Crippen molar-refractivity contribution in [1.82, 2.24) is 14.3 Å². The highest BCUT2D eigenvalue weighted by Crippen LogP contribution is 2.29. The van der Waals surface area contributed by atoms with Crippen LogP contribution in [0.4, 0.5) is 11.5 Å². The molecule has 0 saturated carbocycles. The van der Waals surface area contributed by atoms with Gasteiger partial charge in [-0.25, -0.2) is 13.4 Å². The number of benzene rings is 1. The minimum Gasteiger partial charge on any atom is -0.348 e. The number of hydrogen-bond acceptors (Lipinski definition) is 7. The highest BCUT2D eigenvalue weighted by atomic mass is 32.2. The van der Waals surface area contributed by atoms with Gasteiger partial charge in [-0.2, -0.15) is 4.31 Å². The third-order valence-corrected chi connectivity index (χ3v) is 6.72. The van der Waals surface area contributed by atoms with Crippen LogP contribution in [-0.4, -0.2) is 53.8 Å². The van der Waals surface area contributed by atoms with E-state index in [1.165, 1.54) is 22.6 Å². The Bertz CT molecular complexity index is 1140. The molecule has 10 heteroatoms. The van der Waals surface area contributed by atoms with Gasteiger partial charge in [0, 0.05) is 61.6 Å². The monoisotopic (exact) mass is 399 g/mol. The van der Waals surface area contributed by atoms with Gasteiger partial charge < -0.3 is 4.90 Å². The quantitative estimate of drug-likeness (QED) is 0.488. The molecule has 2 aromatic heterocycles. The number of pyridine rings is 2. The van der Waals surface area contributed by atoms with E-state index in [-0.39, 0.29) is 29.5 Å². The maximum absolute atomic E-state index is 13.2. The van der Waals surface area contributed by atoms with Gasteiger partial charge in [-0.1, -0.05) is 12.1 Å². The summed E-state index contributed by atoms with van der Waals surface area (Å²) in [5.74, 6) is 0.265. The molecule has 0 atom stereocenters. The zero-order chi connectivity index (χ0) is 19.7. The largest absolute Gasteiger partial charge is 0.348 e. The van der Waals surface area contributed by atoms with Crippen molar-refractivity contribution in [3.63, 3.8) is 0 Å². The van der Waals surface area contributed by atoms with Gasteiger partial charge >= 0.3 is 5.69 Å². The summed E-state index contributed by atoms with van der Waals surface area (Å²) in [7, 11) is -3.70. The normalized spacial score (nSPS) is 15.6. The lowest BCUT2D eigenvalue weighted by molar-refractivity contribution is -0.384. The lowest BCUT2D eigenvalue weighted by Gasteiger charge is -2.34. The lowest BCUT2D eigenvalue weighted by Crippen LogP contribution is -2.49. The molecule has 0 aliphatic carbocycles. The first-order valence-corrected chi connectivity index (χ1v) is 10.1. The van der Waals surface area contributed by atoms with E-state index in [0.717, 1.165) is 5.39 Å². The summed E-state index contributed by atoms with van der Waals surface area (Å²) in [6.45, 7) is 1.09. The van der Waals surface area contributed by atoms with Crippen molar-refractivity contribution < 1.29 is 13.3 Å². The number of fused-ring (bicyclic) bond motifs is 1. The lowest BCUT2D eigenvalue weighted by atomic mass is 10.2. The van der Waals surface area contributed by atoms with E-state index in [2.05, 4.69) is 9.97 Å². The van der Waals surface area contributed by atoms with Gasteiger partial charge in [0.25, 0.3) is 0 Å². The van der Waals surface area contributed by atoms with Crippen LogP contribution in [0, 0.1) is 10.1 Å². The molecule has 1 aliphatic rings. The summed E-state index contributed by atoms with van der Waals surface area (Å²) in [5, 5.41) is 12.6. The van der Waals surface area contributed by atoms with Crippen LogP contribution >= 0.6 is 0 Å². The molecule has 1 fully saturated rings. The number of nitro groups is 1. The number of nitrogens with zero attached hydrogens (tertiary/aromatic N) is 5. The molecule has 3 heterocycles. The Morgan fingerprint density at radius 2 is 1.79 bits per heavy atom. The average Bonchev–Trinajstić information content (AvgIpc) is 2.73. The van der Waals surface area contributed by atoms with Crippen LogP contribution in [0.15, 0.2) is 59.9 Å². The highest BCUT2D eigenvalue weighted by molar-refractivity contribution is 7.89. The van der Waals surface area contributed by atoms with Crippen LogP contribution in [0.25, 0.3) is 10.8 Å². The van der Waals surface area contributed by atoms with Crippen molar-refractivity contribution in [2.45, 2.75) is 4.90 Å². The zero-order valence-electron chi connectivity index (χ0n) is 14.8. The van der Waals surface area contributed by atoms with Crippen molar-refractivity contribution in [1.29, 1.82) is 0 Å². The number of sulfonamides is 1. The van der Waals surface area contributed by atoms with E-state index in [0.29, 0.717) is 18.5 Å². The first-order chi connectivity index (χ1) is 13.5. The average molecular weight is 399 g/mol. The predicted molar refractivity (Wildman–Crippen MR) is 104 cm³/mol. The molecular formula is C18H17N5O4S. The number of aromatic nitrogens is 2. The summed E-state index contributed by atoms with van der Waals surface area (Å²) < 4.78 is 27.8. The number of anilines is 1. The van der Waals surface area contributed by atoms with Crippen molar-refractivity contribution >= 4 is 32.3 Å². The molecule has 0 N–H and O–H groups in total. The number of rotatable bonds is 4. The van der Waals surface area contributed by atoms with Gasteiger partial charge in [-0.05, 0) is 18.2 Å². The molecule has 0 unspecified atom stereocenters. The van der Waals surface area contributed by atoms with E-state index in [4.69, 9.17) is 0 Å². The summed E-state index contributed by atoms with van der Waals surface area (Å²) in [6, 6.07) is 9.71. The molecule has 28 heavy (non-hydrogen) atoms. The molecule has 144 valence electrons. The first-order valence-electron chi connectivity index (χ1n) is 8.66. The summed E-state index contributed by atoms with van der Waals surface area (Å²) in [6.07, 6.45) is 4.70. The summed E-state index contributed by atoms with van der Waals surface area (Å²) >= 11 is 0. The number of piperazine rings is 1. The maximum atomic E-state index is 13.2. The number of hydrogen-bond donors (Lipinski definition) is 0. The second kappa shape index (κ2) is 7.13. The van der Waals surface area contributed by atoms with Crippen molar-refractivity contribution in [2.24, 2.45) is 0 Å². The second-order valence-corrected chi connectivity index (χ2v) is 8.25. The van der Waals surface area contributed by atoms with E-state index >= 15 is 0 Å². The molecule has 0 bridgehead atoms. The van der Waals surface area contributed by atoms with Gasteiger partial charge in [0.15, 0.2) is 0 Å². The molecule has 4 rings (SSSR count). The molecule has 1 aromatic carbocycles. The Labute approximate surface area is 161 Å². The molecule has 9 nitrogen and oxygen atoms in total. The van der Waals surface area contributed by atoms with E-state index < -0.39 is 14.9 Å². The molecule has 0 amide bonds. The van der Waals surface area contributed by atoms with Gasteiger partial charge in [0.1, 0.15) is 0 Å². The molecule has 0 spiro atoms. The molecule has 1 saturated heterocycles. The summed E-state index contributed by atoms with van der Waals surface area (Å²) in [5.41, 5.74) is -0.0830. The molecule has 3 aromatic rings. The molecule has 1 aliphatic heterocycles. The first kappa shape index (κ1) is 18.3. The van der Waals surface area contributed by atoms with Crippen LogP contribution < -0.4 is 4.90 Å². The zero-order valence-corrected chi connectivity index (χ0v) is 15.6. The minimum atomic E-state index is -3.70. The third kappa shape index (κ3) is 3.16. The van der Waals surface area contributed by atoms with Crippen LogP contribution in [0.5, 0.6) is 0 Å². The fourth-order valence-electron chi connectivity index (χ4n) is 3.37. The Hall–Kier alpha value is -3.11.